The molecule has 0 unspecified atom stereocenters. The zero-order valence-electron chi connectivity index (χ0n) is 16.3. The van der Waals surface area contributed by atoms with Gasteiger partial charge in [0.15, 0.2) is 6.61 Å². The molecule has 2 amide bonds. The number of aryl methyl sites for hydroxylation is 2. The van der Waals surface area contributed by atoms with E-state index < -0.39 is 11.9 Å². The maximum atomic E-state index is 12.0. The molecule has 10 nitrogen and oxygen atoms in total. The normalized spacial score (nSPS) is 13.4. The zero-order chi connectivity index (χ0) is 20.3. The van der Waals surface area contributed by atoms with Crippen LogP contribution in [0.15, 0.2) is 6.33 Å². The van der Waals surface area contributed by atoms with Crippen molar-refractivity contribution in [3.05, 3.63) is 23.3 Å². The second kappa shape index (κ2) is 8.32. The molecule has 3 rings (SSSR count). The Balaban J connectivity index is 1.45. The van der Waals surface area contributed by atoms with Crippen LogP contribution in [0.1, 0.15) is 36.2 Å². The summed E-state index contributed by atoms with van der Waals surface area (Å²) < 4.78 is 6.68. The summed E-state index contributed by atoms with van der Waals surface area (Å²) in [6, 6.07) is 0.243. The SMILES string of the molecule is Cc1nc2ncnn2c(C)c1CCC(=O)OCC(=O)N(C)CC(=O)NC1CC1. The number of fused-ring (bicyclic) bond motifs is 1. The monoisotopic (exact) mass is 388 g/mol. The number of rotatable bonds is 8. The van der Waals surface area contributed by atoms with Gasteiger partial charge in [0.2, 0.25) is 5.91 Å². The number of esters is 1. The van der Waals surface area contributed by atoms with Crippen molar-refractivity contribution in [3.63, 3.8) is 0 Å². The molecule has 0 spiro atoms. The summed E-state index contributed by atoms with van der Waals surface area (Å²) in [7, 11) is 1.51. The minimum atomic E-state index is -0.485. The number of carbonyl (C=O) groups is 3. The molecule has 0 bridgehead atoms. The van der Waals surface area contributed by atoms with Crippen molar-refractivity contribution >= 4 is 23.6 Å². The highest BCUT2D eigenvalue weighted by molar-refractivity contribution is 5.86. The first-order chi connectivity index (χ1) is 13.3. The molecular formula is C18H24N6O4. The van der Waals surface area contributed by atoms with Gasteiger partial charge in [-0.15, -0.1) is 0 Å². The standard InChI is InChI=1S/C18H24N6O4/c1-11-14(12(2)24-18(21-11)19-10-20-24)6-7-17(27)28-9-16(26)23(3)8-15(25)22-13-4-5-13/h10,13H,4-9H2,1-3H3,(H,22,25). The number of carbonyl (C=O) groups excluding carboxylic acids is 3. The second-order valence-electron chi connectivity index (χ2n) is 6.99. The number of likely N-dealkylation sites (N-methyl/N-ethyl adjacent to an activating group) is 1. The Labute approximate surface area is 162 Å². The smallest absolute Gasteiger partial charge is 0.306 e. The van der Waals surface area contributed by atoms with E-state index in [1.165, 1.54) is 18.3 Å². The highest BCUT2D eigenvalue weighted by Crippen LogP contribution is 2.18. The van der Waals surface area contributed by atoms with Crippen molar-refractivity contribution in [2.24, 2.45) is 0 Å². The van der Waals surface area contributed by atoms with E-state index >= 15 is 0 Å². The Kier molecular flexibility index (Phi) is 5.86. The molecule has 0 aliphatic heterocycles. The lowest BCUT2D eigenvalue weighted by molar-refractivity contribution is -0.151. The van der Waals surface area contributed by atoms with Crippen LogP contribution < -0.4 is 5.32 Å². The number of aromatic nitrogens is 4. The van der Waals surface area contributed by atoms with E-state index in [0.29, 0.717) is 12.2 Å². The van der Waals surface area contributed by atoms with Gasteiger partial charge in [0.1, 0.15) is 6.33 Å². The topological polar surface area (TPSA) is 119 Å². The molecular weight excluding hydrogens is 364 g/mol. The van der Waals surface area contributed by atoms with Gasteiger partial charge >= 0.3 is 5.97 Å². The van der Waals surface area contributed by atoms with Crippen LogP contribution in [0.3, 0.4) is 0 Å². The summed E-state index contributed by atoms with van der Waals surface area (Å²) in [5.74, 6) is -0.591. The maximum Gasteiger partial charge on any atom is 0.306 e. The average molecular weight is 388 g/mol. The van der Waals surface area contributed by atoms with E-state index in [9.17, 15) is 14.4 Å². The third kappa shape index (κ3) is 4.81. The Morgan fingerprint density at radius 2 is 2.07 bits per heavy atom. The van der Waals surface area contributed by atoms with Gasteiger partial charge in [-0.05, 0) is 38.7 Å². The third-order valence-electron chi connectivity index (χ3n) is 4.67. The van der Waals surface area contributed by atoms with Gasteiger partial charge < -0.3 is 15.0 Å². The summed E-state index contributed by atoms with van der Waals surface area (Å²) in [5, 5.41) is 6.92. The molecule has 1 aliphatic carbocycles. The average Bonchev–Trinajstić information content (AvgIpc) is 3.32. The first kappa shape index (κ1) is 19.7. The molecule has 2 aromatic heterocycles. The van der Waals surface area contributed by atoms with Gasteiger partial charge in [0, 0.05) is 30.9 Å². The van der Waals surface area contributed by atoms with Gasteiger partial charge in [-0.2, -0.15) is 10.1 Å². The van der Waals surface area contributed by atoms with Crippen LogP contribution in [0.25, 0.3) is 5.78 Å². The molecule has 0 saturated heterocycles. The molecule has 0 radical (unpaired) electrons. The van der Waals surface area contributed by atoms with Crippen LogP contribution >= 0.6 is 0 Å². The van der Waals surface area contributed by atoms with Gasteiger partial charge in [0.05, 0.1) is 6.54 Å². The van der Waals surface area contributed by atoms with Crippen molar-refractivity contribution < 1.29 is 19.1 Å². The predicted octanol–water partition coefficient (Wildman–Crippen LogP) is -0.0461. The number of hydrogen-bond acceptors (Lipinski definition) is 7. The van der Waals surface area contributed by atoms with Crippen molar-refractivity contribution in [1.29, 1.82) is 0 Å². The maximum absolute atomic E-state index is 12.0. The number of nitrogens with zero attached hydrogens (tertiary/aromatic N) is 5. The summed E-state index contributed by atoms with van der Waals surface area (Å²) in [5.41, 5.74) is 2.55. The van der Waals surface area contributed by atoms with Crippen LogP contribution in [0, 0.1) is 13.8 Å². The molecule has 150 valence electrons. The molecule has 1 fully saturated rings. The molecule has 1 N–H and O–H groups in total. The zero-order valence-corrected chi connectivity index (χ0v) is 16.3. The molecule has 10 heteroatoms. The Morgan fingerprint density at radius 1 is 1.32 bits per heavy atom. The number of amides is 2. The lowest BCUT2D eigenvalue weighted by Crippen LogP contribution is -2.40. The number of nitrogens with one attached hydrogen (secondary N) is 1. The van der Waals surface area contributed by atoms with Crippen molar-refractivity contribution in [2.75, 3.05) is 20.2 Å². The molecule has 28 heavy (non-hydrogen) atoms. The lowest BCUT2D eigenvalue weighted by Gasteiger charge is -2.16. The van der Waals surface area contributed by atoms with Crippen LogP contribution in [0.5, 0.6) is 0 Å². The summed E-state index contributed by atoms with van der Waals surface area (Å²) in [6.45, 7) is 3.31. The number of hydrogen-bond donors (Lipinski definition) is 1. The van der Waals surface area contributed by atoms with E-state index in [-0.39, 0.29) is 31.5 Å². The molecule has 2 aromatic rings. The first-order valence-corrected chi connectivity index (χ1v) is 9.20. The first-order valence-electron chi connectivity index (χ1n) is 9.20. The van der Waals surface area contributed by atoms with E-state index in [1.54, 1.807) is 4.52 Å². The lowest BCUT2D eigenvalue weighted by atomic mass is 10.1. The Morgan fingerprint density at radius 3 is 2.79 bits per heavy atom. The van der Waals surface area contributed by atoms with Crippen LogP contribution in [-0.2, 0) is 25.5 Å². The van der Waals surface area contributed by atoms with E-state index in [0.717, 1.165) is 29.8 Å². The minimum absolute atomic E-state index is 0.0468. The van der Waals surface area contributed by atoms with Gasteiger partial charge in [0.25, 0.3) is 11.7 Å². The van der Waals surface area contributed by atoms with Crippen molar-refractivity contribution in [2.45, 2.75) is 45.6 Å². The van der Waals surface area contributed by atoms with Crippen LogP contribution in [0.4, 0.5) is 0 Å². The van der Waals surface area contributed by atoms with Crippen molar-refractivity contribution in [1.82, 2.24) is 29.8 Å². The summed E-state index contributed by atoms with van der Waals surface area (Å²) in [4.78, 5) is 45.4. The van der Waals surface area contributed by atoms with Gasteiger partial charge in [-0.1, -0.05) is 0 Å². The molecule has 0 aromatic carbocycles. The third-order valence-corrected chi connectivity index (χ3v) is 4.67. The predicted molar refractivity (Wildman–Crippen MR) is 98.3 cm³/mol. The molecule has 1 saturated carbocycles. The summed E-state index contributed by atoms with van der Waals surface area (Å²) >= 11 is 0. The largest absolute Gasteiger partial charge is 0.456 e. The number of ether oxygens (including phenoxy) is 1. The molecule has 0 atom stereocenters. The van der Waals surface area contributed by atoms with E-state index in [4.69, 9.17) is 4.74 Å². The van der Waals surface area contributed by atoms with E-state index in [1.807, 2.05) is 13.8 Å². The highest BCUT2D eigenvalue weighted by atomic mass is 16.5. The Bertz CT molecular complexity index is 905. The summed E-state index contributed by atoms with van der Waals surface area (Å²) in [6.07, 6.45) is 3.94. The minimum Gasteiger partial charge on any atom is -0.456 e. The fourth-order valence-electron chi connectivity index (χ4n) is 2.87. The van der Waals surface area contributed by atoms with Crippen LogP contribution in [0.2, 0.25) is 0 Å². The second-order valence-corrected chi connectivity index (χ2v) is 6.99. The van der Waals surface area contributed by atoms with E-state index in [2.05, 4.69) is 20.4 Å². The molecule has 2 heterocycles. The highest BCUT2D eigenvalue weighted by Gasteiger charge is 2.24. The van der Waals surface area contributed by atoms with Gasteiger partial charge in [-0.3, -0.25) is 14.4 Å². The quantitative estimate of drug-likeness (QED) is 0.630. The fourth-order valence-corrected chi connectivity index (χ4v) is 2.87. The Hall–Kier alpha value is -3.04. The van der Waals surface area contributed by atoms with Gasteiger partial charge in [-0.25, -0.2) is 9.50 Å². The van der Waals surface area contributed by atoms with Crippen molar-refractivity contribution in [3.8, 4) is 0 Å². The van der Waals surface area contributed by atoms with Crippen LogP contribution in [-0.4, -0.2) is 68.5 Å². The fraction of sp³-hybridized carbons (Fsp3) is 0.556. The molecule has 1 aliphatic rings.